The highest BCUT2D eigenvalue weighted by Gasteiger charge is 2.32. The second-order valence-corrected chi connectivity index (χ2v) is 3.67. The highest BCUT2D eigenvalue weighted by molar-refractivity contribution is 5.46. The summed E-state index contributed by atoms with van der Waals surface area (Å²) >= 11 is 0. The number of hydrogen-bond donors (Lipinski definition) is 1. The minimum atomic E-state index is -4.72. The largest absolute Gasteiger partial charge is 0.573 e. The lowest BCUT2D eigenvalue weighted by Crippen LogP contribution is -2.18. The van der Waals surface area contributed by atoms with Crippen LogP contribution in [-0.2, 0) is 6.54 Å². The van der Waals surface area contributed by atoms with Crippen LogP contribution in [0.25, 0.3) is 0 Å². The van der Waals surface area contributed by atoms with Crippen LogP contribution in [0.1, 0.15) is 18.9 Å². The van der Waals surface area contributed by atoms with E-state index in [1.165, 1.54) is 12.1 Å². The molecule has 1 aromatic carbocycles. The zero-order valence-electron chi connectivity index (χ0n) is 10.3. The molecule has 0 bridgehead atoms. The maximum atomic E-state index is 12.3. The van der Waals surface area contributed by atoms with Crippen molar-refractivity contribution in [1.82, 2.24) is 5.32 Å². The van der Waals surface area contributed by atoms with E-state index in [4.69, 9.17) is 4.74 Å². The Morgan fingerprint density at radius 3 is 2.56 bits per heavy atom. The van der Waals surface area contributed by atoms with E-state index in [2.05, 4.69) is 10.1 Å². The van der Waals surface area contributed by atoms with Gasteiger partial charge in [0.05, 0.1) is 6.61 Å². The Kier molecular flexibility index (Phi) is 5.27. The summed E-state index contributed by atoms with van der Waals surface area (Å²) in [6, 6.07) is 4.45. The first-order valence-corrected chi connectivity index (χ1v) is 5.63. The lowest BCUT2D eigenvalue weighted by atomic mass is 10.2. The molecule has 0 amide bonds. The Labute approximate surface area is 104 Å². The Morgan fingerprint density at radius 1 is 1.28 bits per heavy atom. The molecule has 1 N–H and O–H groups in total. The Bertz CT molecular complexity index is 380. The second kappa shape index (κ2) is 6.49. The van der Waals surface area contributed by atoms with Crippen LogP contribution < -0.4 is 14.8 Å². The van der Waals surface area contributed by atoms with Crippen molar-refractivity contribution < 1.29 is 22.6 Å². The van der Waals surface area contributed by atoms with Gasteiger partial charge in [-0.2, -0.15) is 0 Å². The summed E-state index contributed by atoms with van der Waals surface area (Å²) < 4.78 is 46.1. The van der Waals surface area contributed by atoms with Crippen LogP contribution in [0.3, 0.4) is 0 Å². The first kappa shape index (κ1) is 14.6. The molecule has 0 aliphatic heterocycles. The van der Waals surface area contributed by atoms with Crippen molar-refractivity contribution in [2.45, 2.75) is 26.3 Å². The fourth-order valence-electron chi connectivity index (χ4n) is 1.46. The molecule has 0 spiro atoms. The predicted octanol–water partition coefficient (Wildman–Crippen LogP) is 3.09. The van der Waals surface area contributed by atoms with Gasteiger partial charge in [-0.25, -0.2) is 0 Å². The molecule has 0 heterocycles. The summed E-state index contributed by atoms with van der Waals surface area (Å²) in [4.78, 5) is 0. The molecule has 0 saturated carbocycles. The molecule has 0 aliphatic rings. The highest BCUT2D eigenvalue weighted by atomic mass is 19.4. The second-order valence-electron chi connectivity index (χ2n) is 3.67. The molecule has 18 heavy (non-hydrogen) atoms. The van der Waals surface area contributed by atoms with Gasteiger partial charge in [-0.05, 0) is 19.5 Å². The molecule has 0 fully saturated rings. The standard InChI is InChI=1S/C12H16F3NO2/c1-3-7-17-11-9(8-16-2)5-4-6-10(11)18-12(13,14)15/h4-6,16H,3,7-8H2,1-2H3. The molecular weight excluding hydrogens is 247 g/mol. The van der Waals surface area contributed by atoms with Crippen molar-refractivity contribution in [3.05, 3.63) is 23.8 Å². The van der Waals surface area contributed by atoms with Gasteiger partial charge in [-0.15, -0.1) is 13.2 Å². The molecule has 3 nitrogen and oxygen atoms in total. The van der Waals surface area contributed by atoms with Gasteiger partial charge < -0.3 is 14.8 Å². The molecule has 1 rings (SSSR count). The number of nitrogens with one attached hydrogen (secondary N) is 1. The molecule has 0 aliphatic carbocycles. The Hall–Kier alpha value is -1.43. The molecule has 0 atom stereocenters. The zero-order valence-corrected chi connectivity index (χ0v) is 10.3. The molecule has 0 radical (unpaired) electrons. The van der Waals surface area contributed by atoms with Crippen molar-refractivity contribution in [2.24, 2.45) is 0 Å². The van der Waals surface area contributed by atoms with Gasteiger partial charge in [0.25, 0.3) is 0 Å². The van der Waals surface area contributed by atoms with E-state index in [-0.39, 0.29) is 11.5 Å². The quantitative estimate of drug-likeness (QED) is 0.855. The first-order chi connectivity index (χ1) is 8.48. The van der Waals surface area contributed by atoms with E-state index in [0.717, 1.165) is 0 Å². The average Bonchev–Trinajstić information content (AvgIpc) is 2.26. The van der Waals surface area contributed by atoms with Crippen LogP contribution in [-0.4, -0.2) is 20.0 Å². The van der Waals surface area contributed by atoms with Gasteiger partial charge in [-0.3, -0.25) is 0 Å². The van der Waals surface area contributed by atoms with Gasteiger partial charge in [0.1, 0.15) is 0 Å². The number of ether oxygens (including phenoxy) is 2. The van der Waals surface area contributed by atoms with Crippen LogP contribution >= 0.6 is 0 Å². The van der Waals surface area contributed by atoms with E-state index in [9.17, 15) is 13.2 Å². The van der Waals surface area contributed by atoms with Gasteiger partial charge in [-0.1, -0.05) is 19.1 Å². The smallest absolute Gasteiger partial charge is 0.489 e. The van der Waals surface area contributed by atoms with Gasteiger partial charge in [0.15, 0.2) is 11.5 Å². The third-order valence-corrected chi connectivity index (χ3v) is 2.10. The summed E-state index contributed by atoms with van der Waals surface area (Å²) in [6.45, 7) is 2.63. The number of alkyl halides is 3. The molecule has 0 saturated heterocycles. The normalized spacial score (nSPS) is 11.4. The topological polar surface area (TPSA) is 30.5 Å². The number of rotatable bonds is 6. The van der Waals surface area contributed by atoms with Crippen molar-refractivity contribution >= 4 is 0 Å². The third kappa shape index (κ3) is 4.44. The SMILES string of the molecule is CCCOc1c(CNC)cccc1OC(F)(F)F. The number of benzene rings is 1. The molecule has 0 unspecified atom stereocenters. The molecule has 102 valence electrons. The molecule has 0 aromatic heterocycles. The molecular formula is C12H16F3NO2. The van der Waals surface area contributed by atoms with Crippen molar-refractivity contribution in [3.63, 3.8) is 0 Å². The summed E-state index contributed by atoms with van der Waals surface area (Å²) in [7, 11) is 1.71. The highest BCUT2D eigenvalue weighted by Crippen LogP contribution is 2.35. The molecule has 1 aromatic rings. The molecule has 6 heteroatoms. The summed E-state index contributed by atoms with van der Waals surface area (Å²) in [6.07, 6.45) is -4.01. The number of hydrogen-bond acceptors (Lipinski definition) is 3. The van der Waals surface area contributed by atoms with E-state index in [1.807, 2.05) is 6.92 Å². The fraction of sp³-hybridized carbons (Fsp3) is 0.500. The monoisotopic (exact) mass is 263 g/mol. The zero-order chi connectivity index (χ0) is 13.6. The minimum Gasteiger partial charge on any atom is -0.489 e. The van der Waals surface area contributed by atoms with Gasteiger partial charge >= 0.3 is 6.36 Å². The van der Waals surface area contributed by atoms with Crippen LogP contribution in [0, 0.1) is 0 Å². The van der Waals surface area contributed by atoms with Crippen LogP contribution in [0.2, 0.25) is 0 Å². The van der Waals surface area contributed by atoms with Crippen molar-refractivity contribution in [1.29, 1.82) is 0 Å². The first-order valence-electron chi connectivity index (χ1n) is 5.63. The lowest BCUT2D eigenvalue weighted by Gasteiger charge is -2.17. The predicted molar refractivity (Wildman–Crippen MR) is 61.7 cm³/mol. The number of para-hydroxylation sites is 1. The van der Waals surface area contributed by atoms with Crippen LogP contribution in [0.15, 0.2) is 18.2 Å². The maximum Gasteiger partial charge on any atom is 0.573 e. The Balaban J connectivity index is 3.02. The van der Waals surface area contributed by atoms with Gasteiger partial charge in [0.2, 0.25) is 0 Å². The van der Waals surface area contributed by atoms with Gasteiger partial charge in [0, 0.05) is 12.1 Å². The summed E-state index contributed by atoms with van der Waals surface area (Å²) in [5.74, 6) is -0.158. The summed E-state index contributed by atoms with van der Waals surface area (Å²) in [5, 5.41) is 2.87. The van der Waals surface area contributed by atoms with E-state index < -0.39 is 6.36 Å². The van der Waals surface area contributed by atoms with E-state index >= 15 is 0 Å². The van der Waals surface area contributed by atoms with Crippen LogP contribution in [0.5, 0.6) is 11.5 Å². The summed E-state index contributed by atoms with van der Waals surface area (Å²) in [5.41, 5.74) is 0.632. The Morgan fingerprint density at radius 2 is 2.00 bits per heavy atom. The third-order valence-electron chi connectivity index (χ3n) is 2.10. The van der Waals surface area contributed by atoms with Crippen molar-refractivity contribution in [2.75, 3.05) is 13.7 Å². The minimum absolute atomic E-state index is 0.144. The van der Waals surface area contributed by atoms with E-state index in [1.54, 1.807) is 13.1 Å². The lowest BCUT2D eigenvalue weighted by molar-refractivity contribution is -0.275. The maximum absolute atomic E-state index is 12.3. The average molecular weight is 263 g/mol. The van der Waals surface area contributed by atoms with Crippen LogP contribution in [0.4, 0.5) is 13.2 Å². The van der Waals surface area contributed by atoms with Crippen molar-refractivity contribution in [3.8, 4) is 11.5 Å². The van der Waals surface area contributed by atoms with E-state index in [0.29, 0.717) is 25.1 Å². The number of halogens is 3. The fourth-order valence-corrected chi connectivity index (χ4v) is 1.46.